The Balaban J connectivity index is 1.34. The van der Waals surface area contributed by atoms with Crippen LogP contribution in [0.4, 0.5) is 11.5 Å². The van der Waals surface area contributed by atoms with Crippen LogP contribution in [-0.2, 0) is 16.6 Å². The van der Waals surface area contributed by atoms with E-state index in [1.807, 2.05) is 13.1 Å². The van der Waals surface area contributed by atoms with Crippen LogP contribution >= 0.6 is 15.9 Å². The van der Waals surface area contributed by atoms with Crippen LogP contribution in [0.25, 0.3) is 17.0 Å². The van der Waals surface area contributed by atoms with Gasteiger partial charge in [-0.3, -0.25) is 14.2 Å². The van der Waals surface area contributed by atoms with Crippen molar-refractivity contribution in [1.82, 2.24) is 34.3 Å². The first-order valence-corrected chi connectivity index (χ1v) is 14.0. The Morgan fingerprint density at radius 2 is 1.82 bits per heavy atom. The first-order valence-electron chi connectivity index (χ1n) is 11.7. The van der Waals surface area contributed by atoms with Crippen molar-refractivity contribution in [3.8, 4) is 23.3 Å². The molecule has 0 unspecified atom stereocenters. The summed E-state index contributed by atoms with van der Waals surface area (Å²) in [4.78, 5) is 25.1. The number of ether oxygens (including phenoxy) is 2. The van der Waals surface area contributed by atoms with Gasteiger partial charge in [-0.05, 0) is 53.2 Å². The highest BCUT2D eigenvalue weighted by molar-refractivity contribution is 9.10. The molecule has 0 fully saturated rings. The molecule has 0 saturated carbocycles. The lowest BCUT2D eigenvalue weighted by Crippen LogP contribution is -2.15. The molecule has 4 aromatic heterocycles. The molecule has 1 aromatic carbocycles. The van der Waals surface area contributed by atoms with E-state index in [0.29, 0.717) is 29.3 Å². The molecule has 5 rings (SSSR count). The van der Waals surface area contributed by atoms with Crippen LogP contribution in [0.1, 0.15) is 17.4 Å². The molecule has 0 spiro atoms. The van der Waals surface area contributed by atoms with Crippen molar-refractivity contribution < 1.29 is 22.7 Å². The minimum absolute atomic E-state index is 0.0330. The van der Waals surface area contributed by atoms with Crippen molar-refractivity contribution in [2.75, 3.05) is 24.3 Å². The number of aromatic nitrogens is 7. The molecule has 4 heterocycles. The van der Waals surface area contributed by atoms with Crippen LogP contribution in [0, 0.1) is 0 Å². The van der Waals surface area contributed by atoms with Gasteiger partial charge >= 0.3 is 6.01 Å². The quantitative estimate of drug-likeness (QED) is 0.247. The highest BCUT2D eigenvalue weighted by atomic mass is 79.9. The van der Waals surface area contributed by atoms with E-state index in [-0.39, 0.29) is 28.3 Å². The summed E-state index contributed by atoms with van der Waals surface area (Å²) in [5, 5.41) is 11.7. The third-order valence-electron chi connectivity index (χ3n) is 5.61. The van der Waals surface area contributed by atoms with E-state index in [1.54, 1.807) is 27.5 Å². The second-order valence-corrected chi connectivity index (χ2v) is 10.7. The third kappa shape index (κ3) is 5.43. The smallest absolute Gasteiger partial charge is 0.321 e. The fourth-order valence-electron chi connectivity index (χ4n) is 3.68. The first kappa shape index (κ1) is 27.0. The van der Waals surface area contributed by atoms with Gasteiger partial charge in [-0.25, -0.2) is 17.9 Å². The average molecular weight is 628 g/mol. The van der Waals surface area contributed by atoms with Crippen LogP contribution in [0.5, 0.6) is 11.9 Å². The summed E-state index contributed by atoms with van der Waals surface area (Å²) in [6.45, 7) is 2.67. The Hall–Kier alpha value is -4.57. The molecule has 5 aromatic rings. The molecule has 40 heavy (non-hydrogen) atoms. The normalized spacial score (nSPS) is 11.4. The van der Waals surface area contributed by atoms with Crippen LogP contribution in [0.2, 0.25) is 0 Å². The summed E-state index contributed by atoms with van der Waals surface area (Å²) in [6, 6.07) is 10.2. The number of methoxy groups -OCH3 is 2. The number of halogens is 1. The largest absolute Gasteiger partial charge is 0.481 e. The number of fused-ring (bicyclic) bond motifs is 1. The van der Waals surface area contributed by atoms with Crippen LogP contribution in [0.15, 0.2) is 64.2 Å². The number of carbonyl (C=O) groups is 1. The van der Waals surface area contributed by atoms with Crippen molar-refractivity contribution in [3.63, 3.8) is 0 Å². The molecular formula is C24H22BrN9O5S. The molecule has 1 amide bonds. The highest BCUT2D eigenvalue weighted by Crippen LogP contribution is 2.27. The number of nitrogens with one attached hydrogen (secondary N) is 2. The summed E-state index contributed by atoms with van der Waals surface area (Å²) in [7, 11) is -1.28. The number of carbonyl (C=O) groups excluding carboxylic acids is 1. The number of aryl methyl sites for hydroxylation is 1. The van der Waals surface area contributed by atoms with Gasteiger partial charge < -0.3 is 14.8 Å². The van der Waals surface area contributed by atoms with E-state index >= 15 is 0 Å². The van der Waals surface area contributed by atoms with E-state index in [2.05, 4.69) is 51.1 Å². The first-order chi connectivity index (χ1) is 19.2. The third-order valence-corrected chi connectivity index (χ3v) is 7.56. The summed E-state index contributed by atoms with van der Waals surface area (Å²) in [5.74, 6) is -0.405. The van der Waals surface area contributed by atoms with Crippen LogP contribution in [0.3, 0.4) is 0 Å². The zero-order valence-corrected chi connectivity index (χ0v) is 23.8. The van der Waals surface area contributed by atoms with Crippen molar-refractivity contribution in [3.05, 3.63) is 65.0 Å². The van der Waals surface area contributed by atoms with Gasteiger partial charge in [0.05, 0.1) is 29.3 Å². The summed E-state index contributed by atoms with van der Waals surface area (Å²) >= 11 is 3.52. The Kier molecular flexibility index (Phi) is 7.36. The number of hydrogen-bond acceptors (Lipinski definition) is 10. The monoisotopic (exact) mass is 627 g/mol. The number of sulfonamides is 1. The van der Waals surface area contributed by atoms with E-state index in [1.165, 1.54) is 44.6 Å². The Labute approximate surface area is 236 Å². The summed E-state index contributed by atoms with van der Waals surface area (Å²) in [6.07, 6.45) is 3.48. The van der Waals surface area contributed by atoms with Gasteiger partial charge in [0.2, 0.25) is 5.88 Å². The summed E-state index contributed by atoms with van der Waals surface area (Å²) < 4.78 is 42.2. The molecule has 0 radical (unpaired) electrons. The standard InChI is InChI=1S/C24H22BrN9O5S/c1-4-33-13-16(25)22(31-33)18-9-10-26-20-11-17(30-34(18)20)23(35)27-14-5-7-15(8-6-14)40(36,37)32-19-12-21(38-2)29-24(28-19)39-3/h5-13H,4H2,1-3H3,(H,27,35)(H,28,29,32). The van der Waals surface area contributed by atoms with E-state index < -0.39 is 15.9 Å². The lowest BCUT2D eigenvalue weighted by Gasteiger charge is -2.10. The van der Waals surface area contributed by atoms with Crippen molar-refractivity contribution in [1.29, 1.82) is 0 Å². The summed E-state index contributed by atoms with van der Waals surface area (Å²) in [5.41, 5.74) is 2.27. The van der Waals surface area contributed by atoms with Gasteiger partial charge in [-0.15, -0.1) is 0 Å². The SMILES string of the molecule is CCn1cc(Br)c(-c2ccnc3cc(C(=O)Nc4ccc(S(=O)(=O)Nc5cc(OC)nc(OC)n5)cc4)nn23)n1. The molecule has 0 aliphatic carbocycles. The zero-order valence-electron chi connectivity index (χ0n) is 21.4. The number of benzene rings is 1. The predicted octanol–water partition coefficient (Wildman–Crippen LogP) is 3.24. The van der Waals surface area contributed by atoms with Crippen molar-refractivity contribution in [2.45, 2.75) is 18.4 Å². The predicted molar refractivity (Wildman–Crippen MR) is 148 cm³/mol. The Morgan fingerprint density at radius 3 is 2.50 bits per heavy atom. The lowest BCUT2D eigenvalue weighted by molar-refractivity contribution is 0.102. The van der Waals surface area contributed by atoms with E-state index in [4.69, 9.17) is 9.47 Å². The van der Waals surface area contributed by atoms with Gasteiger partial charge in [0.25, 0.3) is 15.9 Å². The highest BCUT2D eigenvalue weighted by Gasteiger charge is 2.19. The van der Waals surface area contributed by atoms with Crippen molar-refractivity contribution in [2.24, 2.45) is 0 Å². The number of amides is 1. The Morgan fingerprint density at radius 1 is 1.05 bits per heavy atom. The molecule has 0 aliphatic heterocycles. The number of rotatable bonds is 9. The van der Waals surface area contributed by atoms with Gasteiger partial charge in [0.1, 0.15) is 5.69 Å². The molecular weight excluding hydrogens is 606 g/mol. The van der Waals surface area contributed by atoms with E-state index in [0.717, 1.165) is 4.47 Å². The maximum absolute atomic E-state index is 13.0. The average Bonchev–Trinajstić information content (AvgIpc) is 3.56. The fourth-order valence-corrected chi connectivity index (χ4v) is 5.19. The molecule has 0 atom stereocenters. The van der Waals surface area contributed by atoms with Gasteiger partial charge in [-0.2, -0.15) is 20.2 Å². The van der Waals surface area contributed by atoms with Gasteiger partial charge in [-0.1, -0.05) is 0 Å². The second kappa shape index (κ2) is 10.9. The molecule has 2 N–H and O–H groups in total. The molecule has 16 heteroatoms. The molecule has 206 valence electrons. The number of hydrogen-bond donors (Lipinski definition) is 2. The fraction of sp³-hybridized carbons (Fsp3) is 0.167. The van der Waals surface area contributed by atoms with Crippen molar-refractivity contribution >= 4 is 49.0 Å². The second-order valence-electron chi connectivity index (χ2n) is 8.18. The topological polar surface area (TPSA) is 168 Å². The number of nitrogens with zero attached hydrogens (tertiary/aromatic N) is 7. The number of anilines is 2. The minimum Gasteiger partial charge on any atom is -0.481 e. The molecule has 14 nitrogen and oxygen atoms in total. The Bertz CT molecular complexity index is 1800. The lowest BCUT2D eigenvalue weighted by atomic mass is 10.3. The zero-order chi connectivity index (χ0) is 28.4. The molecule has 0 saturated heterocycles. The minimum atomic E-state index is -4.01. The molecule has 0 aliphatic rings. The van der Waals surface area contributed by atoms with Gasteiger partial charge in [0, 0.05) is 36.8 Å². The molecule has 0 bridgehead atoms. The van der Waals surface area contributed by atoms with E-state index in [9.17, 15) is 13.2 Å². The van der Waals surface area contributed by atoms with Gasteiger partial charge in [0.15, 0.2) is 17.2 Å². The van der Waals surface area contributed by atoms with Crippen LogP contribution in [-0.4, -0.2) is 62.9 Å². The van der Waals surface area contributed by atoms with Crippen LogP contribution < -0.4 is 19.5 Å². The maximum atomic E-state index is 13.0. The maximum Gasteiger partial charge on any atom is 0.321 e.